The topological polar surface area (TPSA) is 75.4 Å². The zero-order valence-electron chi connectivity index (χ0n) is 12.4. The van der Waals surface area contributed by atoms with Crippen molar-refractivity contribution in [2.75, 3.05) is 20.6 Å². The largest absolute Gasteiger partial charge is 0.326 e. The highest BCUT2D eigenvalue weighted by Crippen LogP contribution is 2.36. The Bertz CT molecular complexity index is 613. The van der Waals surface area contributed by atoms with E-state index in [1.807, 2.05) is 14.1 Å². The molecule has 0 unspecified atom stereocenters. The van der Waals surface area contributed by atoms with E-state index < -0.39 is 10.0 Å². The SMILES string of the molecule is CN(C)C1(CNS(=O)(=O)c2cc(CN)ccc2Cl)CCC1. The summed E-state index contributed by atoms with van der Waals surface area (Å²) >= 11 is 6.03. The van der Waals surface area contributed by atoms with Crippen LogP contribution in [0.3, 0.4) is 0 Å². The molecule has 0 heterocycles. The molecule has 5 nitrogen and oxygen atoms in total. The number of benzene rings is 1. The smallest absolute Gasteiger partial charge is 0.242 e. The number of nitrogens with two attached hydrogens (primary N) is 1. The Balaban J connectivity index is 2.19. The van der Waals surface area contributed by atoms with Crippen molar-refractivity contribution in [2.45, 2.75) is 36.2 Å². The van der Waals surface area contributed by atoms with Gasteiger partial charge >= 0.3 is 0 Å². The fraction of sp³-hybridized carbons (Fsp3) is 0.571. The highest BCUT2D eigenvalue weighted by molar-refractivity contribution is 7.89. The van der Waals surface area contributed by atoms with E-state index >= 15 is 0 Å². The van der Waals surface area contributed by atoms with Gasteiger partial charge in [0, 0.05) is 18.6 Å². The van der Waals surface area contributed by atoms with Crippen molar-refractivity contribution in [1.29, 1.82) is 0 Å². The molecule has 0 bridgehead atoms. The van der Waals surface area contributed by atoms with Crippen LogP contribution in [0, 0.1) is 0 Å². The van der Waals surface area contributed by atoms with E-state index in [1.165, 1.54) is 6.07 Å². The summed E-state index contributed by atoms with van der Waals surface area (Å²) in [5.74, 6) is 0. The van der Waals surface area contributed by atoms with E-state index in [2.05, 4.69) is 9.62 Å². The number of sulfonamides is 1. The fourth-order valence-corrected chi connectivity index (χ4v) is 4.22. The van der Waals surface area contributed by atoms with Gasteiger partial charge in [0.2, 0.25) is 10.0 Å². The quantitative estimate of drug-likeness (QED) is 0.829. The molecule has 1 aromatic carbocycles. The monoisotopic (exact) mass is 331 g/mol. The summed E-state index contributed by atoms with van der Waals surface area (Å²) in [6, 6.07) is 4.84. The van der Waals surface area contributed by atoms with E-state index in [9.17, 15) is 8.42 Å². The third kappa shape index (κ3) is 3.40. The van der Waals surface area contributed by atoms with Crippen LogP contribution in [0.25, 0.3) is 0 Å². The van der Waals surface area contributed by atoms with Crippen molar-refractivity contribution < 1.29 is 8.42 Å². The van der Waals surface area contributed by atoms with E-state index in [0.717, 1.165) is 24.8 Å². The predicted molar refractivity (Wildman–Crippen MR) is 84.8 cm³/mol. The van der Waals surface area contributed by atoms with E-state index in [0.29, 0.717) is 6.54 Å². The molecule has 1 aromatic rings. The molecule has 0 atom stereocenters. The van der Waals surface area contributed by atoms with Gasteiger partial charge in [-0.1, -0.05) is 17.7 Å². The number of hydrogen-bond acceptors (Lipinski definition) is 4. The first-order valence-corrected chi connectivity index (χ1v) is 8.82. The zero-order chi connectivity index (χ0) is 15.7. The maximum Gasteiger partial charge on any atom is 0.242 e. The third-order valence-electron chi connectivity index (χ3n) is 4.35. The molecule has 0 spiro atoms. The summed E-state index contributed by atoms with van der Waals surface area (Å²) in [4.78, 5) is 2.19. The van der Waals surface area contributed by atoms with Gasteiger partial charge in [-0.3, -0.25) is 0 Å². The van der Waals surface area contributed by atoms with Gasteiger partial charge in [-0.15, -0.1) is 0 Å². The lowest BCUT2D eigenvalue weighted by molar-refractivity contribution is 0.0657. The van der Waals surface area contributed by atoms with E-state index in [1.54, 1.807) is 12.1 Å². The molecule has 0 amide bonds. The number of rotatable bonds is 6. The Hall–Kier alpha value is -0.660. The summed E-state index contributed by atoms with van der Waals surface area (Å²) < 4.78 is 27.6. The Morgan fingerprint density at radius 1 is 1.38 bits per heavy atom. The van der Waals surface area contributed by atoms with Crippen LogP contribution in [0.1, 0.15) is 24.8 Å². The van der Waals surface area contributed by atoms with Crippen LogP contribution in [0.15, 0.2) is 23.1 Å². The van der Waals surface area contributed by atoms with E-state index in [4.69, 9.17) is 17.3 Å². The first-order chi connectivity index (χ1) is 9.81. The highest BCUT2D eigenvalue weighted by atomic mass is 35.5. The summed E-state index contributed by atoms with van der Waals surface area (Å²) in [7, 11) is 0.333. The molecule has 118 valence electrons. The molecule has 0 aromatic heterocycles. The van der Waals surface area contributed by atoms with E-state index in [-0.39, 0.29) is 22.0 Å². The summed E-state index contributed by atoms with van der Waals surface area (Å²) in [5.41, 5.74) is 6.22. The Labute approximate surface area is 131 Å². The van der Waals surface area contributed by atoms with Crippen molar-refractivity contribution in [3.8, 4) is 0 Å². The van der Waals surface area contributed by atoms with Crippen molar-refractivity contribution in [3.63, 3.8) is 0 Å². The van der Waals surface area contributed by atoms with Crippen molar-refractivity contribution in [2.24, 2.45) is 5.73 Å². The van der Waals surface area contributed by atoms with Gasteiger partial charge < -0.3 is 10.6 Å². The fourth-order valence-electron chi connectivity index (χ4n) is 2.55. The van der Waals surface area contributed by atoms with Gasteiger partial charge in [-0.05, 0) is 51.1 Å². The number of nitrogens with zero attached hydrogens (tertiary/aromatic N) is 1. The molecule has 0 radical (unpaired) electrons. The average molecular weight is 332 g/mol. The molecular weight excluding hydrogens is 310 g/mol. The summed E-state index contributed by atoms with van der Waals surface area (Å²) in [5, 5.41) is 0.215. The van der Waals surface area contributed by atoms with Crippen LogP contribution in [-0.4, -0.2) is 39.5 Å². The van der Waals surface area contributed by atoms with Crippen LogP contribution in [0.4, 0.5) is 0 Å². The normalized spacial score (nSPS) is 17.8. The molecule has 1 aliphatic carbocycles. The Kier molecular flexibility index (Phi) is 4.95. The van der Waals surface area contributed by atoms with Gasteiger partial charge in [0.05, 0.1) is 5.02 Å². The van der Waals surface area contributed by atoms with Crippen LogP contribution in [0.5, 0.6) is 0 Å². The minimum Gasteiger partial charge on any atom is -0.326 e. The van der Waals surface area contributed by atoms with Gasteiger partial charge in [-0.2, -0.15) is 0 Å². The summed E-state index contributed by atoms with van der Waals surface area (Å²) in [6.07, 6.45) is 3.13. The van der Waals surface area contributed by atoms with Crippen LogP contribution in [0.2, 0.25) is 5.02 Å². The molecule has 0 aliphatic heterocycles. The lowest BCUT2D eigenvalue weighted by atomic mass is 9.76. The van der Waals surface area contributed by atoms with Gasteiger partial charge in [0.25, 0.3) is 0 Å². The Morgan fingerprint density at radius 2 is 2.05 bits per heavy atom. The van der Waals surface area contributed by atoms with Gasteiger partial charge in [-0.25, -0.2) is 13.1 Å². The third-order valence-corrected chi connectivity index (χ3v) is 6.23. The van der Waals surface area contributed by atoms with Crippen LogP contribution >= 0.6 is 11.6 Å². The number of likely N-dealkylation sites (N-methyl/N-ethyl adjacent to an activating group) is 1. The second-order valence-corrected chi connectivity index (χ2v) is 7.91. The first kappa shape index (κ1) is 16.7. The molecule has 7 heteroatoms. The molecule has 21 heavy (non-hydrogen) atoms. The lowest BCUT2D eigenvalue weighted by Gasteiger charge is -2.47. The van der Waals surface area contributed by atoms with Gasteiger partial charge in [0.1, 0.15) is 4.90 Å². The molecule has 1 saturated carbocycles. The molecule has 2 rings (SSSR count). The maximum absolute atomic E-state index is 12.5. The number of halogens is 1. The Morgan fingerprint density at radius 3 is 2.52 bits per heavy atom. The highest BCUT2D eigenvalue weighted by Gasteiger charge is 2.40. The zero-order valence-corrected chi connectivity index (χ0v) is 14.0. The molecule has 0 saturated heterocycles. The van der Waals surface area contributed by atoms with Crippen LogP contribution < -0.4 is 10.5 Å². The number of nitrogens with one attached hydrogen (secondary N) is 1. The number of hydrogen-bond donors (Lipinski definition) is 2. The van der Waals surface area contributed by atoms with Crippen molar-refractivity contribution in [1.82, 2.24) is 9.62 Å². The average Bonchev–Trinajstić information content (AvgIpc) is 2.37. The first-order valence-electron chi connectivity index (χ1n) is 6.96. The molecular formula is C14H22ClN3O2S. The van der Waals surface area contributed by atoms with Crippen molar-refractivity contribution >= 4 is 21.6 Å². The predicted octanol–water partition coefficient (Wildman–Crippen LogP) is 1.56. The summed E-state index contributed by atoms with van der Waals surface area (Å²) in [6.45, 7) is 0.673. The molecule has 1 aliphatic rings. The minimum atomic E-state index is -3.63. The lowest BCUT2D eigenvalue weighted by Crippen LogP contribution is -2.57. The maximum atomic E-state index is 12.5. The molecule has 1 fully saturated rings. The standard InChI is InChI=1S/C14H22ClN3O2S/c1-18(2)14(6-3-7-14)10-17-21(19,20)13-8-11(9-16)4-5-12(13)15/h4-5,8,17H,3,6-7,9-10,16H2,1-2H3. The van der Waals surface area contributed by atoms with Gasteiger partial charge in [0.15, 0.2) is 0 Å². The second kappa shape index (κ2) is 6.22. The van der Waals surface area contributed by atoms with Crippen molar-refractivity contribution in [3.05, 3.63) is 28.8 Å². The van der Waals surface area contributed by atoms with Crippen LogP contribution in [-0.2, 0) is 16.6 Å². The molecule has 3 N–H and O–H groups in total. The second-order valence-electron chi connectivity index (χ2n) is 5.77. The minimum absolute atomic E-state index is 0.0783.